The number of fused-ring (bicyclic) bond motifs is 4. The number of unbranched alkanes of at least 4 members (excludes halogenated alkanes) is 4. The Kier molecular flexibility index (Phi) is 16.3. The molecular weight excluding hydrogens is 855 g/mol. The number of ether oxygens (including phenoxy) is 4. The lowest BCUT2D eigenvalue weighted by Gasteiger charge is -2.48. The number of carbonyl (C=O) groups is 4. The molecule has 14 nitrogen and oxygen atoms in total. The Morgan fingerprint density at radius 1 is 0.925 bits per heavy atom. The number of carbonyl (C=O) groups excluding carboxylic acids is 4. The van der Waals surface area contributed by atoms with E-state index in [1.165, 1.54) is 0 Å². The highest BCUT2D eigenvalue weighted by atomic mass is 16.8. The third kappa shape index (κ3) is 11.6. The van der Waals surface area contributed by atoms with Crippen LogP contribution in [-0.2, 0) is 57.7 Å². The summed E-state index contributed by atoms with van der Waals surface area (Å²) >= 11 is 0. The van der Waals surface area contributed by atoms with Crippen LogP contribution in [0, 0.1) is 5.41 Å². The van der Waals surface area contributed by atoms with Gasteiger partial charge in [-0.1, -0.05) is 106 Å². The van der Waals surface area contributed by atoms with Gasteiger partial charge in [0.05, 0.1) is 19.2 Å². The molecule has 3 aromatic carbocycles. The van der Waals surface area contributed by atoms with Crippen molar-refractivity contribution in [1.82, 2.24) is 15.7 Å². The monoisotopic (exact) mass is 923 g/mol. The molecular formula is C53H69N3O11. The number of aromatic hydroxyl groups is 1. The molecule has 7 unspecified atom stereocenters. The Morgan fingerprint density at radius 2 is 1.63 bits per heavy atom. The van der Waals surface area contributed by atoms with Crippen LogP contribution >= 0.6 is 0 Å². The predicted molar refractivity (Wildman–Crippen MR) is 251 cm³/mol. The summed E-state index contributed by atoms with van der Waals surface area (Å²) in [7, 11) is 0. The second-order valence-corrected chi connectivity index (χ2v) is 19.5. The quantitative estimate of drug-likeness (QED) is 0.0573. The number of phenols is 1. The topological polar surface area (TPSA) is 182 Å². The van der Waals surface area contributed by atoms with Crippen molar-refractivity contribution in [2.24, 2.45) is 5.41 Å². The van der Waals surface area contributed by atoms with Gasteiger partial charge in [0, 0.05) is 37.8 Å². The van der Waals surface area contributed by atoms with E-state index in [0.29, 0.717) is 30.4 Å². The van der Waals surface area contributed by atoms with Crippen LogP contribution in [0.15, 0.2) is 78.9 Å². The number of rotatable bonds is 22. The van der Waals surface area contributed by atoms with E-state index >= 15 is 4.79 Å². The highest BCUT2D eigenvalue weighted by Crippen LogP contribution is 2.58. The second kappa shape index (κ2) is 21.9. The molecule has 2 bridgehead atoms. The summed E-state index contributed by atoms with van der Waals surface area (Å²) in [6.07, 6.45) is 9.10. The molecule has 0 aromatic heterocycles. The molecule has 0 radical (unpaired) electrons. The fraction of sp³-hybridized carbons (Fsp3) is 0.547. The Balaban J connectivity index is 1.14. The first-order chi connectivity index (χ1) is 32.2. The predicted octanol–water partition coefficient (Wildman–Crippen LogP) is 7.62. The molecule has 7 atom stereocenters. The van der Waals surface area contributed by atoms with Gasteiger partial charge in [-0.05, 0) is 86.9 Å². The number of phenolic OH excluding ortho intramolecular Hbond substituents is 1. The molecule has 3 aromatic rings. The van der Waals surface area contributed by atoms with E-state index in [1.807, 2.05) is 48.6 Å². The van der Waals surface area contributed by atoms with Crippen molar-refractivity contribution in [2.75, 3.05) is 6.61 Å². The molecule has 4 N–H and O–H groups in total. The number of amides is 2. The molecule has 3 saturated heterocycles. The van der Waals surface area contributed by atoms with Crippen LogP contribution < -0.4 is 10.6 Å². The number of aliphatic hydroxyl groups excluding tert-OH is 1. The largest absolute Gasteiger partial charge is 0.508 e. The first-order valence-electron chi connectivity index (χ1n) is 24.2. The van der Waals surface area contributed by atoms with Gasteiger partial charge in [-0.2, -0.15) is 5.06 Å². The van der Waals surface area contributed by atoms with E-state index in [-0.39, 0.29) is 44.7 Å². The van der Waals surface area contributed by atoms with Crippen LogP contribution in [0.1, 0.15) is 138 Å². The van der Waals surface area contributed by atoms with Crippen LogP contribution in [0.2, 0.25) is 0 Å². The van der Waals surface area contributed by atoms with Crippen molar-refractivity contribution in [3.63, 3.8) is 0 Å². The van der Waals surface area contributed by atoms with Gasteiger partial charge in [0.2, 0.25) is 5.91 Å². The summed E-state index contributed by atoms with van der Waals surface area (Å²) < 4.78 is 25.7. The maximum absolute atomic E-state index is 15.2. The van der Waals surface area contributed by atoms with Gasteiger partial charge in [-0.3, -0.25) is 24.0 Å². The molecule has 4 fully saturated rings. The van der Waals surface area contributed by atoms with Crippen LogP contribution in [0.3, 0.4) is 0 Å². The first-order valence-corrected chi connectivity index (χ1v) is 24.2. The van der Waals surface area contributed by atoms with Crippen LogP contribution in [-0.4, -0.2) is 93.5 Å². The van der Waals surface area contributed by atoms with Crippen molar-refractivity contribution < 1.29 is 53.2 Å². The Hall–Kier alpha value is -5.12. The van der Waals surface area contributed by atoms with E-state index in [1.54, 1.807) is 62.2 Å². The number of hydrogen-bond acceptors (Lipinski definition) is 12. The average molecular weight is 924 g/mol. The molecule has 7 rings (SSSR count). The smallest absolute Gasteiger partial charge is 0.327 e. The Morgan fingerprint density at radius 3 is 2.33 bits per heavy atom. The minimum atomic E-state index is -1.42. The molecule has 362 valence electrons. The van der Waals surface area contributed by atoms with Crippen LogP contribution in [0.4, 0.5) is 0 Å². The number of allylic oxidation sites excluding steroid dienone is 1. The molecule has 1 saturated carbocycles. The lowest BCUT2D eigenvalue weighted by molar-refractivity contribution is -0.224. The number of aliphatic hydroxyl groups is 1. The molecule has 1 aliphatic carbocycles. The van der Waals surface area contributed by atoms with Crippen LogP contribution in [0.25, 0.3) is 6.08 Å². The van der Waals surface area contributed by atoms with Gasteiger partial charge in [0.1, 0.15) is 41.2 Å². The van der Waals surface area contributed by atoms with Gasteiger partial charge < -0.3 is 39.8 Å². The third-order valence-corrected chi connectivity index (χ3v) is 13.3. The summed E-state index contributed by atoms with van der Waals surface area (Å²) in [5.74, 6) is -2.51. The highest BCUT2D eigenvalue weighted by molar-refractivity contribution is 5.95. The lowest BCUT2D eigenvalue weighted by atomic mass is 9.62. The number of para-hydroxylation sites is 1. The molecule has 14 heteroatoms. The normalized spacial score (nSPS) is 24.5. The Labute approximate surface area is 394 Å². The van der Waals surface area contributed by atoms with Crippen molar-refractivity contribution >= 4 is 29.8 Å². The van der Waals surface area contributed by atoms with Gasteiger partial charge in [0.15, 0.2) is 11.8 Å². The number of esters is 2. The third-order valence-electron chi connectivity index (χ3n) is 13.3. The standard InChI is InChI=1S/C53H69N3O11/c1-6-8-14-28-52(29-15-9-7-2)65-44-42-31-53(50(62)54-32-35-18-16-24-38(30-35)48(60)55-40(34-57)26-27-43(59)64-51(3,4)5)46(49(61)63-42)56(67-47(53)45(44)66-52)33-39-21-11-10-19-36(39)22-17-23-37-20-12-13-25-41(37)58/h10-13,16-22,24-25,30,40,42,44-47,57-58H,6-9,14-15,23,26-29,31-34H2,1-5H3,(H,54,62)(H,55,60). The van der Waals surface area contributed by atoms with Crippen molar-refractivity contribution in [3.05, 3.63) is 107 Å². The highest BCUT2D eigenvalue weighted by Gasteiger charge is 2.76. The molecule has 3 heterocycles. The number of benzene rings is 3. The average Bonchev–Trinajstić information content (AvgIpc) is 3.86. The van der Waals surface area contributed by atoms with E-state index in [9.17, 15) is 24.6 Å². The molecule has 4 aliphatic rings. The van der Waals surface area contributed by atoms with Gasteiger partial charge in [0.25, 0.3) is 5.91 Å². The van der Waals surface area contributed by atoms with E-state index in [4.69, 9.17) is 23.8 Å². The van der Waals surface area contributed by atoms with Gasteiger partial charge >= 0.3 is 11.9 Å². The lowest BCUT2D eigenvalue weighted by Crippen LogP contribution is -2.69. The summed E-state index contributed by atoms with van der Waals surface area (Å²) in [6.45, 7) is 9.47. The van der Waals surface area contributed by atoms with E-state index in [0.717, 1.165) is 55.2 Å². The summed E-state index contributed by atoms with van der Waals surface area (Å²) in [4.78, 5) is 62.3. The number of hydroxylamine groups is 2. The Bertz CT molecular complexity index is 2230. The summed E-state index contributed by atoms with van der Waals surface area (Å²) in [6, 6.07) is 20.0. The van der Waals surface area contributed by atoms with Gasteiger partial charge in [-0.15, -0.1) is 0 Å². The maximum atomic E-state index is 15.2. The molecule has 3 aliphatic heterocycles. The first kappa shape index (κ1) is 49.8. The summed E-state index contributed by atoms with van der Waals surface area (Å²) in [5.41, 5.74) is 1.42. The zero-order valence-electron chi connectivity index (χ0n) is 39.7. The number of hydrogen-bond donors (Lipinski definition) is 4. The van der Waals surface area contributed by atoms with Crippen molar-refractivity contribution in [1.29, 1.82) is 0 Å². The SMILES string of the molecule is CCCCCC1(CCCCC)OC2C3CC4(C(=O)NCc5cccc(C(=O)NC(CO)CCC(=O)OC(C)(C)C)c5)C(ON(Cc5ccccc5C=CCc5ccccc5O)C4C(=O)O3)C2O1. The minimum absolute atomic E-state index is 0.0238. The second-order valence-electron chi connectivity index (χ2n) is 19.5. The number of nitrogens with one attached hydrogen (secondary N) is 2. The van der Waals surface area contributed by atoms with E-state index < -0.39 is 77.1 Å². The maximum Gasteiger partial charge on any atom is 0.327 e. The van der Waals surface area contributed by atoms with Crippen molar-refractivity contribution in [3.8, 4) is 5.75 Å². The molecule has 2 amide bonds. The summed E-state index contributed by atoms with van der Waals surface area (Å²) in [5, 5.41) is 27.9. The van der Waals surface area contributed by atoms with E-state index in [2.05, 4.69) is 24.5 Å². The fourth-order valence-electron chi connectivity index (χ4n) is 10.0. The van der Waals surface area contributed by atoms with Gasteiger partial charge in [-0.25, -0.2) is 0 Å². The molecule has 67 heavy (non-hydrogen) atoms. The number of nitrogens with zero attached hydrogens (tertiary/aromatic N) is 1. The zero-order chi connectivity index (χ0) is 47.8. The molecule has 0 spiro atoms. The van der Waals surface area contributed by atoms with Crippen molar-refractivity contribution in [2.45, 2.75) is 173 Å². The minimum Gasteiger partial charge on any atom is -0.508 e. The zero-order valence-corrected chi connectivity index (χ0v) is 39.7. The fourth-order valence-corrected chi connectivity index (χ4v) is 10.0. The van der Waals surface area contributed by atoms with Crippen LogP contribution in [0.5, 0.6) is 5.75 Å².